The molecular formula is C23H20N2O3. The summed E-state index contributed by atoms with van der Waals surface area (Å²) in [6.07, 6.45) is 8.22. The molecule has 0 radical (unpaired) electrons. The van der Waals surface area contributed by atoms with Crippen LogP contribution in [0.15, 0.2) is 53.7 Å². The Balaban J connectivity index is 1.37. The van der Waals surface area contributed by atoms with E-state index in [0.29, 0.717) is 5.75 Å². The number of rotatable bonds is 3. The number of imide groups is 1. The van der Waals surface area contributed by atoms with Crippen LogP contribution in [0.3, 0.4) is 0 Å². The van der Waals surface area contributed by atoms with Crippen molar-refractivity contribution in [3.8, 4) is 5.75 Å². The van der Waals surface area contributed by atoms with Gasteiger partial charge in [0.1, 0.15) is 5.75 Å². The van der Waals surface area contributed by atoms with Crippen molar-refractivity contribution in [3.05, 3.63) is 54.1 Å². The molecule has 0 aromatic heterocycles. The second-order valence-electron chi connectivity index (χ2n) is 8.36. The molecule has 2 bridgehead atoms. The maximum Gasteiger partial charge on any atom is 0.254 e. The molecule has 1 spiro atoms. The van der Waals surface area contributed by atoms with Crippen LogP contribution in [-0.2, 0) is 9.59 Å². The number of carbonyl (C=O) groups excluding carboxylic acids is 2. The quantitative estimate of drug-likeness (QED) is 0.471. The molecule has 0 unspecified atom stereocenters. The first kappa shape index (κ1) is 16.0. The van der Waals surface area contributed by atoms with Crippen LogP contribution in [-0.4, -0.2) is 30.1 Å². The number of ether oxygens (including phenoxy) is 1. The van der Waals surface area contributed by atoms with E-state index >= 15 is 0 Å². The summed E-state index contributed by atoms with van der Waals surface area (Å²) in [7, 11) is 1.61. The Morgan fingerprint density at radius 1 is 1.04 bits per heavy atom. The highest BCUT2D eigenvalue weighted by atomic mass is 16.5. The Bertz CT molecular complexity index is 1060. The normalized spacial score (nSPS) is 31.5. The van der Waals surface area contributed by atoms with E-state index in [1.165, 1.54) is 0 Å². The lowest BCUT2D eigenvalue weighted by Gasteiger charge is -2.18. The molecule has 2 aromatic rings. The fraction of sp³-hybridized carbons (Fsp3) is 0.348. The number of amides is 2. The van der Waals surface area contributed by atoms with Crippen LogP contribution in [0, 0.1) is 29.1 Å². The summed E-state index contributed by atoms with van der Waals surface area (Å²) in [6, 6.07) is 11.8. The molecule has 0 N–H and O–H groups in total. The van der Waals surface area contributed by atoms with Gasteiger partial charge in [-0.05, 0) is 46.9 Å². The molecule has 28 heavy (non-hydrogen) atoms. The number of benzene rings is 2. The lowest BCUT2D eigenvalue weighted by atomic mass is 9.85. The Morgan fingerprint density at radius 2 is 1.71 bits per heavy atom. The molecule has 140 valence electrons. The fourth-order valence-electron chi connectivity index (χ4n) is 5.88. The van der Waals surface area contributed by atoms with Crippen LogP contribution in [0.5, 0.6) is 5.75 Å². The molecule has 3 aliphatic carbocycles. The molecule has 3 fully saturated rings. The van der Waals surface area contributed by atoms with Gasteiger partial charge < -0.3 is 4.74 Å². The van der Waals surface area contributed by atoms with Crippen LogP contribution < -0.4 is 4.74 Å². The monoisotopic (exact) mass is 372 g/mol. The number of hydrogen-bond donors (Lipinski definition) is 0. The van der Waals surface area contributed by atoms with Gasteiger partial charge in [0, 0.05) is 5.56 Å². The highest BCUT2D eigenvalue weighted by molar-refractivity contribution is 6.08. The van der Waals surface area contributed by atoms with Gasteiger partial charge in [-0.3, -0.25) is 9.59 Å². The number of nitrogens with zero attached hydrogens (tertiary/aromatic N) is 2. The molecule has 2 aromatic carbocycles. The van der Waals surface area contributed by atoms with Crippen molar-refractivity contribution in [2.45, 2.75) is 12.8 Å². The zero-order chi connectivity index (χ0) is 19.0. The third-order valence-electron chi connectivity index (χ3n) is 7.28. The first-order valence-electron chi connectivity index (χ1n) is 9.81. The number of carbonyl (C=O) groups is 2. The fourth-order valence-corrected chi connectivity index (χ4v) is 5.88. The maximum absolute atomic E-state index is 13.1. The smallest absolute Gasteiger partial charge is 0.254 e. The highest BCUT2D eigenvalue weighted by Crippen LogP contribution is 2.73. The topological polar surface area (TPSA) is 59.0 Å². The van der Waals surface area contributed by atoms with E-state index in [-0.39, 0.29) is 40.9 Å². The lowest BCUT2D eigenvalue weighted by Crippen LogP contribution is -2.30. The van der Waals surface area contributed by atoms with E-state index in [0.717, 1.165) is 34.2 Å². The molecule has 4 atom stereocenters. The summed E-state index contributed by atoms with van der Waals surface area (Å²) < 4.78 is 5.49. The summed E-state index contributed by atoms with van der Waals surface area (Å²) in [4.78, 5) is 26.1. The van der Waals surface area contributed by atoms with Gasteiger partial charge in [0.25, 0.3) is 11.8 Å². The number of methoxy groups -OCH3 is 1. The summed E-state index contributed by atoms with van der Waals surface area (Å²) >= 11 is 0. The molecule has 5 nitrogen and oxygen atoms in total. The summed E-state index contributed by atoms with van der Waals surface area (Å²) in [5, 5.41) is 7.50. The highest BCUT2D eigenvalue weighted by Gasteiger charge is 2.73. The van der Waals surface area contributed by atoms with E-state index in [9.17, 15) is 9.59 Å². The Kier molecular flexibility index (Phi) is 3.04. The number of hydrogen-bond acceptors (Lipinski definition) is 4. The summed E-state index contributed by atoms with van der Waals surface area (Å²) in [5.74, 6) is 0.355. The molecule has 1 heterocycles. The Morgan fingerprint density at radius 3 is 2.36 bits per heavy atom. The molecule has 2 amide bonds. The molecule has 5 heteroatoms. The van der Waals surface area contributed by atoms with E-state index in [2.05, 4.69) is 17.3 Å². The molecule has 6 rings (SSSR count). The van der Waals surface area contributed by atoms with E-state index in [1.807, 2.05) is 36.4 Å². The van der Waals surface area contributed by atoms with Crippen LogP contribution in [0.25, 0.3) is 10.8 Å². The SMILES string of the molecule is COc1ccc2ccccc2c1C=NN1C(=O)[C@@H]2[C@H](C1=O)[C@H]1C=C[C@@H]2C12CC2. The molecule has 1 saturated heterocycles. The Labute approximate surface area is 162 Å². The van der Waals surface area contributed by atoms with Crippen molar-refractivity contribution in [2.75, 3.05) is 7.11 Å². The first-order chi connectivity index (χ1) is 13.7. The van der Waals surface area contributed by atoms with Crippen LogP contribution in [0.4, 0.5) is 0 Å². The van der Waals surface area contributed by atoms with Gasteiger partial charge in [-0.1, -0.05) is 42.5 Å². The minimum atomic E-state index is -0.225. The van der Waals surface area contributed by atoms with Crippen molar-refractivity contribution < 1.29 is 14.3 Å². The van der Waals surface area contributed by atoms with Crippen LogP contribution in [0.2, 0.25) is 0 Å². The van der Waals surface area contributed by atoms with Gasteiger partial charge in [-0.2, -0.15) is 10.1 Å². The van der Waals surface area contributed by atoms with E-state index < -0.39 is 0 Å². The predicted octanol–water partition coefficient (Wildman–Crippen LogP) is 3.38. The number of fused-ring (bicyclic) bond motifs is 4. The van der Waals surface area contributed by atoms with Crippen molar-refractivity contribution in [3.63, 3.8) is 0 Å². The van der Waals surface area contributed by atoms with Gasteiger partial charge in [-0.25, -0.2) is 0 Å². The van der Waals surface area contributed by atoms with Crippen LogP contribution >= 0.6 is 0 Å². The van der Waals surface area contributed by atoms with Gasteiger partial charge in [0.2, 0.25) is 0 Å². The average Bonchev–Trinajstić information content (AvgIpc) is 3.32. The Hall–Kier alpha value is -2.95. The van der Waals surface area contributed by atoms with Gasteiger partial charge in [0.05, 0.1) is 25.2 Å². The van der Waals surface area contributed by atoms with Gasteiger partial charge in [-0.15, -0.1) is 0 Å². The molecule has 1 aliphatic heterocycles. The van der Waals surface area contributed by atoms with Crippen molar-refractivity contribution in [1.82, 2.24) is 5.01 Å². The average molecular weight is 372 g/mol. The third kappa shape index (κ3) is 1.84. The maximum atomic E-state index is 13.1. The zero-order valence-corrected chi connectivity index (χ0v) is 15.5. The van der Waals surface area contributed by atoms with E-state index in [4.69, 9.17) is 4.74 Å². The van der Waals surface area contributed by atoms with Gasteiger partial charge in [0.15, 0.2) is 0 Å². The second-order valence-corrected chi connectivity index (χ2v) is 8.36. The largest absolute Gasteiger partial charge is 0.496 e. The van der Waals surface area contributed by atoms with Crippen molar-refractivity contribution in [1.29, 1.82) is 0 Å². The number of hydrazone groups is 1. The van der Waals surface area contributed by atoms with Gasteiger partial charge >= 0.3 is 0 Å². The minimum Gasteiger partial charge on any atom is -0.496 e. The lowest BCUT2D eigenvalue weighted by molar-refractivity contribution is -0.141. The van der Waals surface area contributed by atoms with Crippen LogP contribution in [0.1, 0.15) is 18.4 Å². The predicted molar refractivity (Wildman–Crippen MR) is 105 cm³/mol. The van der Waals surface area contributed by atoms with Crippen molar-refractivity contribution >= 4 is 28.8 Å². The number of allylic oxidation sites excluding steroid dienone is 2. The summed E-state index contributed by atoms with van der Waals surface area (Å²) in [6.45, 7) is 0. The molecule has 2 saturated carbocycles. The first-order valence-corrected chi connectivity index (χ1v) is 9.81. The zero-order valence-electron chi connectivity index (χ0n) is 15.5. The van der Waals surface area contributed by atoms with Crippen molar-refractivity contribution in [2.24, 2.45) is 34.2 Å². The van der Waals surface area contributed by atoms with E-state index in [1.54, 1.807) is 13.3 Å². The third-order valence-corrected chi connectivity index (χ3v) is 7.28. The minimum absolute atomic E-state index is 0.145. The standard InChI is InChI=1S/C23H20N2O3/c1-28-18-9-6-13-4-2-3-5-14(13)15(18)12-24-25-21(26)19-16-7-8-17(20(19)22(25)27)23(16)10-11-23/h2-9,12,16-17,19-20H,10-11H2,1H3/t16-,17+,19-,20+. The molecular weight excluding hydrogens is 352 g/mol. The molecule has 4 aliphatic rings. The second kappa shape index (κ2) is 5.31. The summed E-state index contributed by atoms with van der Waals surface area (Å²) in [5.41, 5.74) is 0.980.